The number of hydrogen-bond donors (Lipinski definition) is 8. The lowest BCUT2D eigenvalue weighted by Gasteiger charge is -2.27. The molecule has 33 heavy (non-hydrogen) atoms. The van der Waals surface area contributed by atoms with Gasteiger partial charge >= 0.3 is 5.97 Å². The first-order valence-corrected chi connectivity index (χ1v) is 11.5. The molecule has 3 amide bonds. The second kappa shape index (κ2) is 15.3. The molecule has 4 unspecified atom stereocenters. The number of carboxylic acid groups (broad SMARTS) is 1. The molecule has 0 aliphatic carbocycles. The Bertz CT molecular complexity index is 698. The highest BCUT2D eigenvalue weighted by molar-refractivity contribution is 7.80. The Morgan fingerprint density at radius 2 is 1.52 bits per heavy atom. The highest BCUT2D eigenvalue weighted by atomic mass is 32.1. The van der Waals surface area contributed by atoms with Crippen LogP contribution in [0.5, 0.6) is 0 Å². The molecule has 0 spiro atoms. The SMILES string of the molecule is CC(C)CC(NC(=O)C(N)CS)C(=O)NC(C(=O)NC(CCCN=C(N)N)C(=O)O)C(C)C. The summed E-state index contributed by atoms with van der Waals surface area (Å²) in [6, 6.07) is -3.98. The number of aliphatic imine (C=N–C) groups is 1. The van der Waals surface area contributed by atoms with Crippen molar-refractivity contribution in [3.8, 4) is 0 Å². The van der Waals surface area contributed by atoms with Gasteiger partial charge in [0.15, 0.2) is 5.96 Å². The van der Waals surface area contributed by atoms with Crippen LogP contribution >= 0.6 is 12.6 Å². The minimum atomic E-state index is -1.22. The van der Waals surface area contributed by atoms with Gasteiger partial charge in [0.05, 0.1) is 6.04 Å². The topological polar surface area (TPSA) is 215 Å². The van der Waals surface area contributed by atoms with Gasteiger partial charge in [-0.05, 0) is 31.1 Å². The summed E-state index contributed by atoms with van der Waals surface area (Å²) < 4.78 is 0. The number of hydrogen-bond acceptors (Lipinski definition) is 7. The zero-order valence-electron chi connectivity index (χ0n) is 19.7. The Morgan fingerprint density at radius 3 is 1.97 bits per heavy atom. The van der Waals surface area contributed by atoms with E-state index in [9.17, 15) is 24.3 Å². The molecule has 0 saturated heterocycles. The van der Waals surface area contributed by atoms with Crippen molar-refractivity contribution in [1.82, 2.24) is 16.0 Å². The normalized spacial score (nSPS) is 14.7. The monoisotopic (exact) mass is 489 g/mol. The van der Waals surface area contributed by atoms with Gasteiger partial charge in [-0.15, -0.1) is 0 Å². The maximum Gasteiger partial charge on any atom is 0.326 e. The third kappa shape index (κ3) is 12.3. The Morgan fingerprint density at radius 1 is 0.939 bits per heavy atom. The summed E-state index contributed by atoms with van der Waals surface area (Å²) in [6.07, 6.45) is 0.762. The lowest BCUT2D eigenvalue weighted by Crippen LogP contribution is -2.58. The molecule has 0 saturated carbocycles. The fourth-order valence-electron chi connectivity index (χ4n) is 2.88. The summed E-state index contributed by atoms with van der Waals surface area (Å²) in [5.74, 6) is -3.21. The molecule has 0 aromatic rings. The van der Waals surface area contributed by atoms with Crippen LogP contribution in [0.1, 0.15) is 47.0 Å². The van der Waals surface area contributed by atoms with Gasteiger partial charge in [0, 0.05) is 12.3 Å². The molecule has 0 aliphatic heterocycles. The van der Waals surface area contributed by atoms with Crippen LogP contribution in [0, 0.1) is 11.8 Å². The van der Waals surface area contributed by atoms with E-state index in [0.717, 1.165) is 0 Å². The van der Waals surface area contributed by atoms with Crippen LogP contribution in [0.15, 0.2) is 4.99 Å². The number of carboxylic acids is 1. The largest absolute Gasteiger partial charge is 0.480 e. The second-order valence-corrected chi connectivity index (χ2v) is 8.92. The Balaban J connectivity index is 5.32. The quantitative estimate of drug-likeness (QED) is 0.0587. The molecule has 0 heterocycles. The van der Waals surface area contributed by atoms with E-state index in [4.69, 9.17) is 17.2 Å². The van der Waals surface area contributed by atoms with Gasteiger partial charge in [-0.1, -0.05) is 27.7 Å². The van der Waals surface area contributed by atoms with Gasteiger partial charge in [0.25, 0.3) is 0 Å². The molecule has 0 aromatic carbocycles. The van der Waals surface area contributed by atoms with E-state index in [1.165, 1.54) is 0 Å². The number of nitrogens with zero attached hydrogens (tertiary/aromatic N) is 1. The molecule has 0 fully saturated rings. The van der Waals surface area contributed by atoms with Crippen LogP contribution in [-0.2, 0) is 19.2 Å². The zero-order valence-corrected chi connectivity index (χ0v) is 20.6. The number of amides is 3. The summed E-state index contributed by atoms with van der Waals surface area (Å²) in [6.45, 7) is 7.42. The van der Waals surface area contributed by atoms with Gasteiger partial charge in [-0.25, -0.2) is 4.79 Å². The highest BCUT2D eigenvalue weighted by Crippen LogP contribution is 2.09. The molecule has 190 valence electrons. The first kappa shape index (κ1) is 30.5. The smallest absolute Gasteiger partial charge is 0.326 e. The van der Waals surface area contributed by atoms with Crippen molar-refractivity contribution in [1.29, 1.82) is 0 Å². The third-order valence-electron chi connectivity index (χ3n) is 4.68. The van der Waals surface area contributed by atoms with Crippen molar-refractivity contribution >= 4 is 42.3 Å². The van der Waals surface area contributed by atoms with Crippen LogP contribution in [0.3, 0.4) is 0 Å². The van der Waals surface area contributed by atoms with Crippen LogP contribution in [0.25, 0.3) is 0 Å². The first-order valence-electron chi connectivity index (χ1n) is 10.9. The third-order valence-corrected chi connectivity index (χ3v) is 5.07. The fourth-order valence-corrected chi connectivity index (χ4v) is 3.04. The lowest BCUT2D eigenvalue weighted by atomic mass is 9.99. The molecular formula is C20H39N7O5S. The molecular weight excluding hydrogens is 450 g/mol. The Kier molecular flexibility index (Phi) is 14.1. The minimum absolute atomic E-state index is 0.0706. The van der Waals surface area contributed by atoms with Gasteiger partial charge < -0.3 is 38.3 Å². The molecule has 0 rings (SSSR count). The average molecular weight is 490 g/mol. The summed E-state index contributed by atoms with van der Waals surface area (Å²) in [7, 11) is 0. The predicted molar refractivity (Wildman–Crippen MR) is 129 cm³/mol. The van der Waals surface area contributed by atoms with Crippen molar-refractivity contribution in [2.24, 2.45) is 34.0 Å². The maximum atomic E-state index is 12.9. The number of guanidine groups is 1. The fraction of sp³-hybridized carbons (Fsp3) is 0.750. The number of carbonyl (C=O) groups excluding carboxylic acids is 3. The van der Waals surface area contributed by atoms with E-state index in [1.807, 2.05) is 13.8 Å². The Hall–Kier alpha value is -2.54. The second-order valence-electron chi connectivity index (χ2n) is 8.56. The van der Waals surface area contributed by atoms with Crippen molar-refractivity contribution in [2.45, 2.75) is 71.1 Å². The van der Waals surface area contributed by atoms with Crippen molar-refractivity contribution in [3.63, 3.8) is 0 Å². The van der Waals surface area contributed by atoms with Crippen LogP contribution < -0.4 is 33.2 Å². The maximum absolute atomic E-state index is 12.9. The molecule has 0 radical (unpaired) electrons. The zero-order chi connectivity index (χ0) is 25.7. The van der Waals surface area contributed by atoms with Crippen LogP contribution in [0.2, 0.25) is 0 Å². The van der Waals surface area contributed by atoms with Crippen LogP contribution in [-0.4, -0.2) is 71.2 Å². The molecule has 12 nitrogen and oxygen atoms in total. The first-order chi connectivity index (χ1) is 15.3. The predicted octanol–water partition coefficient (Wildman–Crippen LogP) is -1.46. The van der Waals surface area contributed by atoms with Crippen molar-refractivity contribution < 1.29 is 24.3 Å². The van der Waals surface area contributed by atoms with Gasteiger partial charge in [0.1, 0.15) is 18.1 Å². The molecule has 0 aliphatic rings. The molecule has 4 atom stereocenters. The number of thiol groups is 1. The summed E-state index contributed by atoms with van der Waals surface area (Å²) in [5, 5.41) is 17.1. The van der Waals surface area contributed by atoms with E-state index >= 15 is 0 Å². The number of rotatable bonds is 15. The van der Waals surface area contributed by atoms with E-state index in [0.29, 0.717) is 12.8 Å². The molecule has 0 bridgehead atoms. The van der Waals surface area contributed by atoms with Gasteiger partial charge in [-0.2, -0.15) is 12.6 Å². The summed E-state index contributed by atoms with van der Waals surface area (Å²) >= 11 is 3.99. The minimum Gasteiger partial charge on any atom is -0.480 e. The van der Waals surface area contributed by atoms with E-state index in [-0.39, 0.29) is 36.5 Å². The van der Waals surface area contributed by atoms with E-state index in [2.05, 4.69) is 33.6 Å². The summed E-state index contributed by atoms with van der Waals surface area (Å²) in [4.78, 5) is 53.3. The highest BCUT2D eigenvalue weighted by Gasteiger charge is 2.32. The van der Waals surface area contributed by atoms with E-state index < -0.39 is 47.9 Å². The van der Waals surface area contributed by atoms with E-state index in [1.54, 1.807) is 13.8 Å². The van der Waals surface area contributed by atoms with Crippen molar-refractivity contribution in [3.05, 3.63) is 0 Å². The standard InChI is InChI=1S/C20H39N7O5S/c1-10(2)8-14(26-16(28)12(21)9-33)17(29)27-15(11(3)4)18(30)25-13(19(31)32)6-5-7-24-20(22)23/h10-15,33H,5-9,21H2,1-4H3,(H,25,30)(H,26,28)(H,27,29)(H,31,32)(H4,22,23,24). The number of carbonyl (C=O) groups is 4. The number of aliphatic carboxylic acids is 1. The van der Waals surface area contributed by atoms with Crippen LogP contribution in [0.4, 0.5) is 0 Å². The molecule has 13 heteroatoms. The Labute approximate surface area is 200 Å². The van der Waals surface area contributed by atoms with Gasteiger partial charge in [0.2, 0.25) is 17.7 Å². The van der Waals surface area contributed by atoms with Gasteiger partial charge in [-0.3, -0.25) is 19.4 Å². The summed E-state index contributed by atoms with van der Waals surface area (Å²) in [5.41, 5.74) is 16.2. The molecule has 0 aromatic heterocycles. The number of nitrogens with one attached hydrogen (secondary N) is 3. The average Bonchev–Trinajstić information content (AvgIpc) is 2.71. The number of nitrogens with two attached hydrogens (primary N) is 3. The van der Waals surface area contributed by atoms with Crippen molar-refractivity contribution in [2.75, 3.05) is 12.3 Å². The lowest BCUT2D eigenvalue weighted by molar-refractivity contribution is -0.142. The molecule has 10 N–H and O–H groups in total.